The van der Waals surface area contributed by atoms with Crippen LogP contribution in [0.4, 0.5) is 8.78 Å². The van der Waals surface area contributed by atoms with Crippen molar-refractivity contribution >= 4 is 6.08 Å². The van der Waals surface area contributed by atoms with Gasteiger partial charge in [0.1, 0.15) is 0 Å². The minimum atomic E-state index is -2.94. The summed E-state index contributed by atoms with van der Waals surface area (Å²) in [6.07, 6.45) is 3.70. The van der Waals surface area contributed by atoms with Gasteiger partial charge in [0.15, 0.2) is 0 Å². The smallest absolute Gasteiger partial charge is 0.290 e. The van der Waals surface area contributed by atoms with E-state index in [9.17, 15) is 8.78 Å². The second-order valence-corrected chi connectivity index (χ2v) is 3.39. The second kappa shape index (κ2) is 2.26. The van der Waals surface area contributed by atoms with Crippen molar-refractivity contribution in [1.29, 1.82) is 0 Å². The van der Waals surface area contributed by atoms with E-state index in [4.69, 9.17) is 0 Å². The molecule has 0 bridgehead atoms. The minimum Gasteiger partial charge on any atom is -0.290 e. The first-order chi connectivity index (χ1) is 6.69. The second-order valence-electron chi connectivity index (χ2n) is 3.39. The van der Waals surface area contributed by atoms with Gasteiger partial charge >= 0.3 is 6.17 Å². The Hall–Kier alpha value is -1.58. The topological polar surface area (TPSA) is 8.17 Å². The summed E-state index contributed by atoms with van der Waals surface area (Å²) in [4.78, 5) is 1.08. The first-order valence-corrected chi connectivity index (χ1v) is 4.41. The number of hydrogen-bond donors (Lipinski definition) is 0. The van der Waals surface area contributed by atoms with E-state index in [1.54, 1.807) is 30.4 Å². The molecule has 14 heavy (non-hydrogen) atoms. The van der Waals surface area contributed by atoms with Crippen LogP contribution in [0.25, 0.3) is 6.08 Å². The van der Waals surface area contributed by atoms with Gasteiger partial charge in [-0.05, 0) is 24.3 Å². The minimum absolute atomic E-state index is 0.274. The Morgan fingerprint density at radius 3 is 3.07 bits per heavy atom. The van der Waals surface area contributed by atoms with Crippen molar-refractivity contribution in [3.05, 3.63) is 41.9 Å². The van der Waals surface area contributed by atoms with Crippen molar-refractivity contribution in [3.63, 3.8) is 0 Å². The highest BCUT2D eigenvalue weighted by Gasteiger charge is 2.44. The Labute approximate surface area is 79.7 Å². The Morgan fingerprint density at radius 2 is 2.21 bits per heavy atom. The molecule has 0 fully saturated rings. The Balaban J connectivity index is 2.24. The number of hydrogen-bond acceptors (Lipinski definition) is 1. The first kappa shape index (κ1) is 7.79. The van der Waals surface area contributed by atoms with Crippen molar-refractivity contribution in [2.24, 2.45) is 0 Å². The van der Waals surface area contributed by atoms with Crippen molar-refractivity contribution in [1.82, 2.24) is 9.47 Å². The monoisotopic (exact) mass is 194 g/mol. The van der Waals surface area contributed by atoms with Crippen LogP contribution in [-0.2, 0) is 6.17 Å². The molecule has 72 valence electrons. The lowest BCUT2D eigenvalue weighted by molar-refractivity contribution is -0.194. The lowest BCUT2D eigenvalue weighted by atomic mass is 10.3. The zero-order valence-electron chi connectivity index (χ0n) is 7.32. The molecule has 0 N–H and O–H groups in total. The molecule has 2 aliphatic heterocycles. The summed E-state index contributed by atoms with van der Waals surface area (Å²) in [7, 11) is 0. The van der Waals surface area contributed by atoms with Crippen LogP contribution >= 0.6 is 0 Å². The molecule has 0 aliphatic carbocycles. The highest BCUT2D eigenvalue weighted by atomic mass is 19.3. The maximum atomic E-state index is 13.8. The molecular formula is C10H8F2N2. The van der Waals surface area contributed by atoms with Crippen molar-refractivity contribution < 1.29 is 8.78 Å². The van der Waals surface area contributed by atoms with Gasteiger partial charge in [-0.25, -0.2) is 0 Å². The van der Waals surface area contributed by atoms with Crippen LogP contribution in [0.15, 0.2) is 36.2 Å². The molecule has 2 nitrogen and oxygen atoms in total. The van der Waals surface area contributed by atoms with Crippen LogP contribution < -0.4 is 0 Å². The summed E-state index contributed by atoms with van der Waals surface area (Å²) in [5, 5.41) is 0. The number of rotatable bonds is 0. The predicted octanol–water partition coefficient (Wildman–Crippen LogP) is 2.22. The van der Waals surface area contributed by atoms with Gasteiger partial charge < -0.3 is 0 Å². The van der Waals surface area contributed by atoms with Crippen LogP contribution in [0, 0.1) is 0 Å². The zero-order valence-corrected chi connectivity index (χ0v) is 7.32. The number of alkyl halides is 2. The molecule has 2 aliphatic rings. The maximum absolute atomic E-state index is 13.8. The van der Waals surface area contributed by atoms with Gasteiger partial charge in [-0.15, -0.1) is 0 Å². The lowest BCUT2D eigenvalue weighted by Crippen LogP contribution is -2.43. The van der Waals surface area contributed by atoms with Gasteiger partial charge in [0.25, 0.3) is 0 Å². The van der Waals surface area contributed by atoms with Gasteiger partial charge in [-0.2, -0.15) is 8.78 Å². The predicted molar refractivity (Wildman–Crippen MR) is 48.4 cm³/mol. The largest absolute Gasteiger partial charge is 0.418 e. The SMILES string of the molecule is FC1(F)N2CC=CC2=Cc2cccn21. The highest BCUT2D eigenvalue weighted by Crippen LogP contribution is 2.38. The van der Waals surface area contributed by atoms with Crippen molar-refractivity contribution in [2.75, 3.05) is 6.54 Å². The van der Waals surface area contributed by atoms with Crippen LogP contribution in [0.3, 0.4) is 0 Å². The fourth-order valence-electron chi connectivity index (χ4n) is 1.90. The molecule has 3 heterocycles. The lowest BCUT2D eigenvalue weighted by Gasteiger charge is -2.34. The third-order valence-electron chi connectivity index (χ3n) is 2.58. The van der Waals surface area contributed by atoms with Gasteiger partial charge in [0, 0.05) is 18.4 Å². The highest BCUT2D eigenvalue weighted by molar-refractivity contribution is 5.56. The molecule has 0 aromatic carbocycles. The number of fused-ring (bicyclic) bond motifs is 2. The molecular weight excluding hydrogens is 186 g/mol. The van der Waals surface area contributed by atoms with Crippen molar-refractivity contribution in [3.8, 4) is 0 Å². The Morgan fingerprint density at radius 1 is 1.36 bits per heavy atom. The number of halogens is 2. The summed E-state index contributed by atoms with van der Waals surface area (Å²) in [5.41, 5.74) is 1.13. The zero-order chi connectivity index (χ0) is 9.76. The van der Waals surface area contributed by atoms with E-state index in [-0.39, 0.29) is 6.54 Å². The van der Waals surface area contributed by atoms with E-state index >= 15 is 0 Å². The molecule has 0 saturated carbocycles. The fraction of sp³-hybridized carbons (Fsp3) is 0.200. The van der Waals surface area contributed by atoms with Crippen LogP contribution in [0.2, 0.25) is 0 Å². The molecule has 1 aromatic rings. The molecule has 0 amide bonds. The van der Waals surface area contributed by atoms with Gasteiger partial charge in [0.05, 0.1) is 5.69 Å². The molecule has 0 atom stereocenters. The van der Waals surface area contributed by atoms with Crippen molar-refractivity contribution in [2.45, 2.75) is 6.17 Å². The Kier molecular flexibility index (Phi) is 1.26. The quantitative estimate of drug-likeness (QED) is 0.575. The summed E-state index contributed by atoms with van der Waals surface area (Å²) >= 11 is 0. The number of nitrogens with zero attached hydrogens (tertiary/aromatic N) is 2. The fourth-order valence-corrected chi connectivity index (χ4v) is 1.90. The average molecular weight is 194 g/mol. The van der Waals surface area contributed by atoms with E-state index in [2.05, 4.69) is 0 Å². The number of allylic oxidation sites excluding steroid dienone is 1. The maximum Gasteiger partial charge on any atom is 0.418 e. The Bertz CT molecular complexity index is 443. The average Bonchev–Trinajstić information content (AvgIpc) is 2.71. The normalized spacial score (nSPS) is 21.9. The van der Waals surface area contributed by atoms with Gasteiger partial charge in [0.2, 0.25) is 0 Å². The van der Waals surface area contributed by atoms with E-state index in [0.29, 0.717) is 11.4 Å². The molecule has 0 saturated heterocycles. The molecule has 3 rings (SSSR count). The van der Waals surface area contributed by atoms with E-state index in [1.165, 1.54) is 6.20 Å². The third kappa shape index (κ3) is 0.780. The van der Waals surface area contributed by atoms with Crippen LogP contribution in [0.5, 0.6) is 0 Å². The van der Waals surface area contributed by atoms with Gasteiger partial charge in [-0.3, -0.25) is 9.47 Å². The van der Waals surface area contributed by atoms with E-state index in [1.807, 2.05) is 0 Å². The standard InChI is InChI=1S/C10H8F2N2/c11-10(12)13-5-1-3-8(13)7-9-4-2-6-14(9)10/h1-5,7H,6H2. The third-order valence-corrected chi connectivity index (χ3v) is 2.58. The molecule has 4 heteroatoms. The molecule has 0 radical (unpaired) electrons. The summed E-state index contributed by atoms with van der Waals surface area (Å²) in [5.74, 6) is 0. The van der Waals surface area contributed by atoms with E-state index in [0.717, 1.165) is 9.47 Å². The molecule has 0 spiro atoms. The molecule has 1 aromatic heterocycles. The summed E-state index contributed by atoms with van der Waals surface area (Å²) in [6, 6.07) is 3.32. The summed E-state index contributed by atoms with van der Waals surface area (Å²) < 4.78 is 28.6. The van der Waals surface area contributed by atoms with Gasteiger partial charge in [-0.1, -0.05) is 6.08 Å². The van der Waals surface area contributed by atoms with E-state index < -0.39 is 6.17 Å². The first-order valence-electron chi connectivity index (χ1n) is 4.41. The van der Waals surface area contributed by atoms with Crippen LogP contribution in [-0.4, -0.2) is 16.0 Å². The van der Waals surface area contributed by atoms with Crippen LogP contribution in [0.1, 0.15) is 5.69 Å². The number of aromatic nitrogens is 1. The summed E-state index contributed by atoms with van der Waals surface area (Å²) in [6.45, 7) is 0.274. The molecule has 0 unspecified atom stereocenters.